The second-order valence-electron chi connectivity index (χ2n) is 5.00. The summed E-state index contributed by atoms with van der Waals surface area (Å²) < 4.78 is 5.81. The molecular weight excluding hydrogens is 262 g/mol. The summed E-state index contributed by atoms with van der Waals surface area (Å²) in [6, 6.07) is 10.1. The molecule has 2 aromatic heterocycles. The van der Waals surface area contributed by atoms with Crippen molar-refractivity contribution in [2.24, 2.45) is 0 Å². The molecule has 0 aliphatic heterocycles. The summed E-state index contributed by atoms with van der Waals surface area (Å²) >= 11 is 0. The van der Waals surface area contributed by atoms with Crippen LogP contribution in [0.3, 0.4) is 0 Å². The van der Waals surface area contributed by atoms with Crippen LogP contribution in [0.2, 0.25) is 0 Å². The Bertz CT molecular complexity index is 519. The van der Waals surface area contributed by atoms with Crippen molar-refractivity contribution in [2.75, 3.05) is 13.7 Å². The van der Waals surface area contributed by atoms with Crippen LogP contribution in [0, 0.1) is 0 Å². The molecule has 4 nitrogen and oxygen atoms in total. The van der Waals surface area contributed by atoms with E-state index in [1.807, 2.05) is 31.3 Å². The molecule has 0 aromatic carbocycles. The molecule has 0 aliphatic carbocycles. The van der Waals surface area contributed by atoms with Crippen LogP contribution in [0.5, 0.6) is 5.88 Å². The molecule has 1 N–H and O–H groups in total. The number of hydrogen-bond donors (Lipinski definition) is 1. The molecule has 0 spiro atoms. The molecule has 0 atom stereocenters. The van der Waals surface area contributed by atoms with E-state index >= 15 is 0 Å². The summed E-state index contributed by atoms with van der Waals surface area (Å²) in [6.45, 7) is 3.59. The lowest BCUT2D eigenvalue weighted by atomic mass is 10.1. The lowest BCUT2D eigenvalue weighted by molar-refractivity contribution is 0.307. The minimum absolute atomic E-state index is 0.596. The minimum Gasteiger partial charge on any atom is -0.477 e. The Labute approximate surface area is 126 Å². The highest BCUT2D eigenvalue weighted by Gasteiger charge is 2.04. The molecule has 0 amide bonds. The molecule has 0 radical (unpaired) electrons. The van der Waals surface area contributed by atoms with Gasteiger partial charge in [0.25, 0.3) is 0 Å². The van der Waals surface area contributed by atoms with Crippen LogP contribution in [0.4, 0.5) is 0 Å². The van der Waals surface area contributed by atoms with Crippen LogP contribution in [-0.4, -0.2) is 23.6 Å². The van der Waals surface area contributed by atoms with Gasteiger partial charge in [0.2, 0.25) is 5.88 Å². The fraction of sp³-hybridized carbons (Fsp3) is 0.412. The Morgan fingerprint density at radius 1 is 1.14 bits per heavy atom. The number of rotatable bonds is 8. The van der Waals surface area contributed by atoms with Crippen molar-refractivity contribution in [3.05, 3.63) is 53.5 Å². The Kier molecular flexibility index (Phi) is 6.16. The number of nitrogens with one attached hydrogen (secondary N) is 1. The summed E-state index contributed by atoms with van der Waals surface area (Å²) in [5, 5.41) is 3.17. The van der Waals surface area contributed by atoms with E-state index in [9.17, 15) is 0 Å². The third kappa shape index (κ3) is 5.16. The zero-order chi connectivity index (χ0) is 14.9. The lowest BCUT2D eigenvalue weighted by Gasteiger charge is -2.10. The topological polar surface area (TPSA) is 47.0 Å². The van der Waals surface area contributed by atoms with Gasteiger partial charge in [0.15, 0.2) is 0 Å². The summed E-state index contributed by atoms with van der Waals surface area (Å²) in [5.41, 5.74) is 3.35. The molecular formula is C17H23N3O. The average molecular weight is 285 g/mol. The van der Waals surface area contributed by atoms with E-state index in [0.29, 0.717) is 12.5 Å². The molecule has 21 heavy (non-hydrogen) atoms. The maximum absolute atomic E-state index is 5.81. The SMILES string of the molecule is CCCc1cc(CNC)cc(OCCc2ccccn2)n1. The van der Waals surface area contributed by atoms with Gasteiger partial charge >= 0.3 is 0 Å². The number of ether oxygens (including phenoxy) is 1. The number of aryl methyl sites for hydroxylation is 1. The summed E-state index contributed by atoms with van der Waals surface area (Å²) in [5.74, 6) is 0.710. The van der Waals surface area contributed by atoms with Crippen LogP contribution in [-0.2, 0) is 19.4 Å². The normalized spacial score (nSPS) is 10.6. The Morgan fingerprint density at radius 2 is 2.05 bits per heavy atom. The first-order valence-corrected chi connectivity index (χ1v) is 7.49. The van der Waals surface area contributed by atoms with Gasteiger partial charge in [-0.15, -0.1) is 0 Å². The number of aromatic nitrogens is 2. The van der Waals surface area contributed by atoms with Gasteiger partial charge in [-0.25, -0.2) is 4.98 Å². The Hall–Kier alpha value is -1.94. The van der Waals surface area contributed by atoms with Crippen molar-refractivity contribution in [1.29, 1.82) is 0 Å². The van der Waals surface area contributed by atoms with Crippen molar-refractivity contribution in [1.82, 2.24) is 15.3 Å². The second kappa shape index (κ2) is 8.37. The van der Waals surface area contributed by atoms with Gasteiger partial charge in [-0.05, 0) is 37.2 Å². The first-order chi connectivity index (χ1) is 10.3. The highest BCUT2D eigenvalue weighted by molar-refractivity contribution is 5.25. The van der Waals surface area contributed by atoms with Crippen molar-refractivity contribution < 1.29 is 4.74 Å². The second-order valence-corrected chi connectivity index (χ2v) is 5.00. The van der Waals surface area contributed by atoms with Crippen LogP contribution >= 0.6 is 0 Å². The van der Waals surface area contributed by atoms with E-state index in [1.165, 1.54) is 5.56 Å². The van der Waals surface area contributed by atoms with E-state index in [2.05, 4.69) is 28.3 Å². The van der Waals surface area contributed by atoms with Crippen LogP contribution < -0.4 is 10.1 Å². The van der Waals surface area contributed by atoms with E-state index in [1.54, 1.807) is 6.20 Å². The molecule has 0 bridgehead atoms. The van der Waals surface area contributed by atoms with Gasteiger partial charge in [0.1, 0.15) is 0 Å². The fourth-order valence-electron chi connectivity index (χ4n) is 2.19. The largest absolute Gasteiger partial charge is 0.477 e. The van der Waals surface area contributed by atoms with E-state index < -0.39 is 0 Å². The van der Waals surface area contributed by atoms with Crippen molar-refractivity contribution >= 4 is 0 Å². The number of pyridine rings is 2. The van der Waals surface area contributed by atoms with Gasteiger partial charge in [0, 0.05) is 36.6 Å². The number of nitrogens with zero attached hydrogens (tertiary/aromatic N) is 2. The molecule has 0 saturated heterocycles. The molecule has 0 unspecified atom stereocenters. The van der Waals surface area contributed by atoms with Gasteiger partial charge in [0.05, 0.1) is 6.61 Å². The van der Waals surface area contributed by atoms with Gasteiger partial charge in [-0.1, -0.05) is 19.4 Å². The predicted molar refractivity (Wildman–Crippen MR) is 84.4 cm³/mol. The maximum Gasteiger partial charge on any atom is 0.213 e. The third-order valence-electron chi connectivity index (χ3n) is 3.14. The van der Waals surface area contributed by atoms with Crippen LogP contribution in [0.1, 0.15) is 30.3 Å². The predicted octanol–water partition coefficient (Wildman–Crippen LogP) is 2.77. The Morgan fingerprint density at radius 3 is 2.76 bits per heavy atom. The molecule has 2 heterocycles. The quantitative estimate of drug-likeness (QED) is 0.810. The first kappa shape index (κ1) is 15.4. The zero-order valence-electron chi connectivity index (χ0n) is 12.8. The summed E-state index contributed by atoms with van der Waals surface area (Å²) in [7, 11) is 1.95. The standard InChI is InChI=1S/C17H23N3O/c1-3-6-16-11-14(13-18-2)12-17(20-16)21-10-8-15-7-4-5-9-19-15/h4-5,7,9,11-12,18H,3,6,8,10,13H2,1-2H3. The summed E-state index contributed by atoms with van der Waals surface area (Å²) in [6.07, 6.45) is 4.67. The van der Waals surface area contributed by atoms with Gasteiger partial charge in [-0.2, -0.15) is 0 Å². The summed E-state index contributed by atoms with van der Waals surface area (Å²) in [4.78, 5) is 8.86. The van der Waals surface area contributed by atoms with Gasteiger partial charge < -0.3 is 10.1 Å². The fourth-order valence-corrected chi connectivity index (χ4v) is 2.19. The smallest absolute Gasteiger partial charge is 0.213 e. The van der Waals surface area contributed by atoms with E-state index in [4.69, 9.17) is 4.74 Å². The third-order valence-corrected chi connectivity index (χ3v) is 3.14. The van der Waals surface area contributed by atoms with Crippen LogP contribution in [0.25, 0.3) is 0 Å². The molecule has 112 valence electrons. The minimum atomic E-state index is 0.596. The van der Waals surface area contributed by atoms with Crippen molar-refractivity contribution in [3.8, 4) is 5.88 Å². The molecule has 0 fully saturated rings. The Balaban J connectivity index is 1.97. The van der Waals surface area contributed by atoms with E-state index in [-0.39, 0.29) is 0 Å². The highest BCUT2D eigenvalue weighted by atomic mass is 16.5. The number of hydrogen-bond acceptors (Lipinski definition) is 4. The van der Waals surface area contributed by atoms with Crippen molar-refractivity contribution in [3.63, 3.8) is 0 Å². The van der Waals surface area contributed by atoms with Crippen LogP contribution in [0.15, 0.2) is 36.5 Å². The van der Waals surface area contributed by atoms with E-state index in [0.717, 1.165) is 37.2 Å². The highest BCUT2D eigenvalue weighted by Crippen LogP contribution is 2.14. The van der Waals surface area contributed by atoms with Gasteiger partial charge in [-0.3, -0.25) is 4.98 Å². The maximum atomic E-state index is 5.81. The molecule has 0 saturated carbocycles. The average Bonchev–Trinajstić information content (AvgIpc) is 2.49. The lowest BCUT2D eigenvalue weighted by Crippen LogP contribution is -2.09. The first-order valence-electron chi connectivity index (χ1n) is 7.49. The molecule has 2 aromatic rings. The molecule has 2 rings (SSSR count). The zero-order valence-corrected chi connectivity index (χ0v) is 12.8. The molecule has 4 heteroatoms. The monoisotopic (exact) mass is 285 g/mol. The molecule has 0 aliphatic rings. The van der Waals surface area contributed by atoms with Crippen molar-refractivity contribution in [2.45, 2.75) is 32.7 Å².